The average molecular weight is 309 g/mol. The Balaban J connectivity index is 2.08. The summed E-state index contributed by atoms with van der Waals surface area (Å²) in [4.78, 5) is 8.13. The molecule has 0 bridgehead atoms. The zero-order valence-electron chi connectivity index (χ0n) is 9.98. The van der Waals surface area contributed by atoms with Crippen molar-refractivity contribution >= 4 is 34.0 Å². The van der Waals surface area contributed by atoms with E-state index in [9.17, 15) is 4.39 Å². The predicted octanol–water partition coefficient (Wildman–Crippen LogP) is 4.87. The van der Waals surface area contributed by atoms with E-state index in [0.717, 1.165) is 5.39 Å². The van der Waals surface area contributed by atoms with Crippen LogP contribution in [0.15, 0.2) is 42.7 Å². The Kier molecular flexibility index (Phi) is 3.42. The normalized spacial score (nSPS) is 10.8. The number of benzene rings is 1. The van der Waals surface area contributed by atoms with Crippen LogP contribution in [0.25, 0.3) is 10.8 Å². The lowest BCUT2D eigenvalue weighted by Gasteiger charge is -2.08. The summed E-state index contributed by atoms with van der Waals surface area (Å²) in [5.74, 6) is 0.157. The van der Waals surface area contributed by atoms with Crippen molar-refractivity contribution in [3.63, 3.8) is 0 Å². The zero-order chi connectivity index (χ0) is 14.1. The lowest BCUT2D eigenvalue weighted by atomic mass is 10.2. The molecule has 20 heavy (non-hydrogen) atoms. The van der Waals surface area contributed by atoms with Crippen molar-refractivity contribution < 1.29 is 9.13 Å². The largest absolute Gasteiger partial charge is 0.438 e. The Labute approximate surface area is 123 Å². The molecule has 3 rings (SSSR count). The second-order valence-corrected chi connectivity index (χ2v) is 4.76. The van der Waals surface area contributed by atoms with Crippen molar-refractivity contribution in [2.45, 2.75) is 0 Å². The third-order valence-electron chi connectivity index (χ3n) is 2.70. The second kappa shape index (κ2) is 5.23. The van der Waals surface area contributed by atoms with Gasteiger partial charge in [-0.2, -0.15) is 0 Å². The molecule has 1 aromatic carbocycles. The molecule has 0 amide bonds. The molecule has 0 aliphatic carbocycles. The van der Waals surface area contributed by atoms with E-state index in [1.54, 1.807) is 24.5 Å². The molecule has 3 nitrogen and oxygen atoms in total. The summed E-state index contributed by atoms with van der Waals surface area (Å²) in [6.45, 7) is 0. The Morgan fingerprint density at radius 3 is 2.50 bits per heavy atom. The predicted molar refractivity (Wildman–Crippen MR) is 76.0 cm³/mol. The van der Waals surface area contributed by atoms with E-state index >= 15 is 0 Å². The molecule has 0 aliphatic rings. The van der Waals surface area contributed by atoms with Gasteiger partial charge in [0.15, 0.2) is 0 Å². The number of ether oxygens (including phenoxy) is 1. The van der Waals surface area contributed by atoms with Crippen LogP contribution in [0, 0.1) is 5.82 Å². The van der Waals surface area contributed by atoms with Crippen molar-refractivity contribution in [2.24, 2.45) is 0 Å². The second-order valence-electron chi connectivity index (χ2n) is 3.99. The molecule has 0 spiro atoms. The molecule has 2 aromatic heterocycles. The molecule has 2 heterocycles. The molecular weight excluding hydrogens is 302 g/mol. The van der Waals surface area contributed by atoms with Gasteiger partial charge in [0, 0.05) is 18.5 Å². The van der Waals surface area contributed by atoms with Gasteiger partial charge in [0.2, 0.25) is 5.88 Å². The number of pyridine rings is 2. The van der Waals surface area contributed by atoms with Gasteiger partial charge in [-0.25, -0.2) is 14.4 Å². The Morgan fingerprint density at radius 2 is 1.75 bits per heavy atom. The molecule has 0 N–H and O–H groups in total. The molecule has 0 atom stereocenters. The van der Waals surface area contributed by atoms with Gasteiger partial charge in [0.1, 0.15) is 16.7 Å². The van der Waals surface area contributed by atoms with Gasteiger partial charge in [0.05, 0.1) is 10.4 Å². The molecular formula is C14H7Cl2FN2O. The van der Waals surface area contributed by atoms with Crippen LogP contribution in [0.1, 0.15) is 0 Å². The number of halogens is 3. The zero-order valence-corrected chi connectivity index (χ0v) is 11.5. The summed E-state index contributed by atoms with van der Waals surface area (Å²) in [5.41, 5.74) is 0. The summed E-state index contributed by atoms with van der Waals surface area (Å²) in [5, 5.41) is 1.71. The summed E-state index contributed by atoms with van der Waals surface area (Å²) >= 11 is 11.8. The van der Waals surface area contributed by atoms with Gasteiger partial charge >= 0.3 is 0 Å². The van der Waals surface area contributed by atoms with E-state index in [1.165, 1.54) is 18.2 Å². The maximum Gasteiger partial charge on any atom is 0.230 e. The highest BCUT2D eigenvalue weighted by atomic mass is 35.5. The van der Waals surface area contributed by atoms with Crippen LogP contribution in [0.4, 0.5) is 4.39 Å². The molecule has 6 heteroatoms. The molecule has 3 aromatic rings. The van der Waals surface area contributed by atoms with E-state index in [1.807, 2.05) is 0 Å². The van der Waals surface area contributed by atoms with Crippen molar-refractivity contribution in [3.8, 4) is 11.6 Å². The van der Waals surface area contributed by atoms with Crippen LogP contribution in [0.5, 0.6) is 11.6 Å². The van der Waals surface area contributed by atoms with E-state index in [2.05, 4.69) is 9.97 Å². The molecule has 0 saturated heterocycles. The minimum atomic E-state index is -0.510. The standard InChI is InChI=1S/C14H7Cl2FN2O/c15-10-7-9(1-2-11(10)17)20-14-12-8(4-6-19-14)3-5-18-13(12)16/h1-7H. The van der Waals surface area contributed by atoms with Gasteiger partial charge in [-0.1, -0.05) is 23.2 Å². The molecule has 0 saturated carbocycles. The minimum absolute atomic E-state index is 0.0213. The number of hydrogen-bond acceptors (Lipinski definition) is 3. The lowest BCUT2D eigenvalue weighted by Crippen LogP contribution is -1.91. The van der Waals surface area contributed by atoms with Gasteiger partial charge in [-0.15, -0.1) is 0 Å². The SMILES string of the molecule is Fc1ccc(Oc2nccc3ccnc(Cl)c23)cc1Cl. The third-order valence-corrected chi connectivity index (χ3v) is 3.28. The summed E-state index contributed by atoms with van der Waals surface area (Å²) in [6.07, 6.45) is 3.20. The van der Waals surface area contributed by atoms with E-state index in [-0.39, 0.29) is 5.02 Å². The van der Waals surface area contributed by atoms with Crippen molar-refractivity contribution in [3.05, 3.63) is 58.7 Å². The van der Waals surface area contributed by atoms with Crippen LogP contribution in [0.2, 0.25) is 10.2 Å². The molecule has 0 aliphatic heterocycles. The number of hydrogen-bond donors (Lipinski definition) is 0. The fourth-order valence-electron chi connectivity index (χ4n) is 1.78. The Hall–Kier alpha value is -1.91. The lowest BCUT2D eigenvalue weighted by molar-refractivity contribution is 0.467. The molecule has 100 valence electrons. The highest BCUT2D eigenvalue weighted by molar-refractivity contribution is 6.34. The van der Waals surface area contributed by atoms with Crippen LogP contribution < -0.4 is 4.74 Å². The smallest absolute Gasteiger partial charge is 0.230 e. The summed E-state index contributed by atoms with van der Waals surface area (Å²) < 4.78 is 18.7. The summed E-state index contributed by atoms with van der Waals surface area (Å²) in [6, 6.07) is 7.66. The van der Waals surface area contributed by atoms with Gasteiger partial charge < -0.3 is 4.74 Å². The molecule has 0 unspecified atom stereocenters. The van der Waals surface area contributed by atoms with Crippen molar-refractivity contribution in [1.29, 1.82) is 0 Å². The maximum atomic E-state index is 13.1. The Morgan fingerprint density at radius 1 is 1.00 bits per heavy atom. The monoisotopic (exact) mass is 308 g/mol. The number of nitrogens with zero attached hydrogens (tertiary/aromatic N) is 2. The quantitative estimate of drug-likeness (QED) is 0.634. The minimum Gasteiger partial charge on any atom is -0.438 e. The van der Waals surface area contributed by atoms with E-state index < -0.39 is 5.82 Å². The first-order chi connectivity index (χ1) is 9.65. The first kappa shape index (κ1) is 13.1. The Bertz CT molecular complexity index is 790. The van der Waals surface area contributed by atoms with Crippen molar-refractivity contribution in [1.82, 2.24) is 9.97 Å². The highest BCUT2D eigenvalue weighted by Crippen LogP contribution is 2.32. The van der Waals surface area contributed by atoms with Crippen molar-refractivity contribution in [2.75, 3.05) is 0 Å². The summed E-state index contributed by atoms with van der Waals surface area (Å²) in [7, 11) is 0. The fraction of sp³-hybridized carbons (Fsp3) is 0. The number of aromatic nitrogens is 2. The van der Waals surface area contributed by atoms with Crippen LogP contribution in [0.3, 0.4) is 0 Å². The van der Waals surface area contributed by atoms with Crippen LogP contribution >= 0.6 is 23.2 Å². The third kappa shape index (κ3) is 2.40. The number of rotatable bonds is 2. The van der Waals surface area contributed by atoms with Crippen LogP contribution in [-0.4, -0.2) is 9.97 Å². The maximum absolute atomic E-state index is 13.1. The average Bonchev–Trinajstić information content (AvgIpc) is 2.43. The van der Waals surface area contributed by atoms with Gasteiger partial charge in [0.25, 0.3) is 0 Å². The molecule has 0 fully saturated rings. The highest BCUT2D eigenvalue weighted by Gasteiger charge is 2.10. The van der Waals surface area contributed by atoms with E-state index in [4.69, 9.17) is 27.9 Å². The first-order valence-electron chi connectivity index (χ1n) is 5.67. The molecule has 0 radical (unpaired) electrons. The van der Waals surface area contributed by atoms with E-state index in [0.29, 0.717) is 22.2 Å². The van der Waals surface area contributed by atoms with Crippen LogP contribution in [-0.2, 0) is 0 Å². The van der Waals surface area contributed by atoms with Gasteiger partial charge in [-0.3, -0.25) is 0 Å². The first-order valence-corrected chi connectivity index (χ1v) is 6.43. The topological polar surface area (TPSA) is 35.0 Å². The number of fused-ring (bicyclic) bond motifs is 1. The van der Waals surface area contributed by atoms with Gasteiger partial charge in [-0.05, 0) is 29.7 Å². The fourth-order valence-corrected chi connectivity index (χ4v) is 2.20.